The lowest BCUT2D eigenvalue weighted by molar-refractivity contribution is -0.334. The van der Waals surface area contributed by atoms with E-state index >= 15 is 24.0 Å². The fourth-order valence-corrected chi connectivity index (χ4v) is 15.6. The Kier molecular flexibility index (Phi) is 29.8. The summed E-state index contributed by atoms with van der Waals surface area (Å²) in [5, 5.41) is 129. The molecule has 11 amide bonds. The number of phenolic OH excluding ortho intramolecular Hbond substituents is 3. The second-order valence-electron chi connectivity index (χ2n) is 31.3. The number of hydrazine groups is 1. The smallest absolute Gasteiger partial charge is 0.349 e. The van der Waals surface area contributed by atoms with Crippen LogP contribution in [0.2, 0.25) is 10.0 Å². The number of likely N-dealkylation sites (N-methyl/N-ethyl adjacent to an activating group) is 1. The maximum Gasteiger partial charge on any atom is 0.349 e. The molecule has 0 aliphatic carbocycles. The van der Waals surface area contributed by atoms with Crippen LogP contribution in [-0.4, -0.2) is 220 Å². The number of rotatable bonds is 22. The summed E-state index contributed by atoms with van der Waals surface area (Å²) >= 11 is 14.3. The van der Waals surface area contributed by atoms with Crippen LogP contribution in [0.15, 0.2) is 126 Å². The highest BCUT2D eigenvalue weighted by Gasteiger charge is 2.52. The normalized spacial score (nSPS) is 25.6. The van der Waals surface area contributed by atoms with E-state index in [1.54, 1.807) is 51.1 Å². The van der Waals surface area contributed by atoms with E-state index in [1.807, 2.05) is 17.8 Å². The number of carbonyl (C=O) groups is 10. The number of hydrogen-bond acceptors (Lipinski definition) is 30. The molecule has 8 heterocycles. The molecule has 7 aliphatic rings. The zero-order valence-corrected chi connectivity index (χ0v) is 70.7. The van der Waals surface area contributed by atoms with Crippen LogP contribution < -0.4 is 94.8 Å². The molecule has 7 aliphatic heterocycles. The van der Waals surface area contributed by atoms with Gasteiger partial charge in [-0.1, -0.05) is 67.4 Å². The zero-order chi connectivity index (χ0) is 92.6. The Bertz CT molecular complexity index is 5500. The number of ether oxygens (including phenoxy) is 7. The first-order chi connectivity index (χ1) is 60.8. The van der Waals surface area contributed by atoms with Crippen molar-refractivity contribution in [2.24, 2.45) is 17.4 Å². The third kappa shape index (κ3) is 21.7. The predicted octanol–water partition coefficient (Wildman–Crippen LogP) is 0.660. The topological polar surface area (TPSA) is 637 Å². The van der Waals surface area contributed by atoms with E-state index in [4.69, 9.17) is 67.8 Å². The van der Waals surface area contributed by atoms with Crippen molar-refractivity contribution in [2.75, 3.05) is 32.1 Å². The van der Waals surface area contributed by atoms with Gasteiger partial charge >= 0.3 is 11.7 Å². The lowest BCUT2D eigenvalue weighted by atomic mass is 9.85. The number of benzene rings is 6. The van der Waals surface area contributed by atoms with Crippen molar-refractivity contribution in [3.05, 3.63) is 175 Å². The number of nitrogens with zero attached hydrogens (tertiary/aromatic N) is 2. The number of urea groups is 1. The number of nitrogens with one attached hydrogen (secondary N) is 11. The molecular weight excluding hydrogens is 1720 g/mol. The van der Waals surface area contributed by atoms with Crippen LogP contribution in [0.3, 0.4) is 0 Å². The summed E-state index contributed by atoms with van der Waals surface area (Å²) in [5.74, 6) is -16.2. The molecule has 42 nitrogen and oxygen atoms in total. The standard InChI is InChI=1S/C84H95Cl2N15O27/c1-7-122-43-14-8-37(9-15-43)10-19-59(107)92-58-20-22-101(83(121)93-58)23-21-90-84(5)33-60(123-36(4)73(84)112)127-72-70(111)69(110)56(34-102)126-81(72)128-71-54-28-41-29-55(71)125-53-18-13-40(27-47(53)86)68(109)66-79(118)96-64(80(119)99-100-82(88)120)45-30-42(103)31-51(105)61(45)44-25-38(11-16-50(44)104)62(76(115)98-66)95-77(116)63(41)94-75(114)49(32-57(87)106)91-78(117)65(97-74(113)48(89-6)24-35(2)3)67(108)39-12-17-52(124-54)46(85)26-39/h8-20,22,25-31,35-36,48-49,56,60,62-70,72-73,81,89-90,102-105,108-112H,7,21,23-24,32-34H2,1-6H3,(H2,87,106)(H,91,117)(H,94,114)(H,95,116)(H,96,118)(H,97,113)(H,98,115)(H,99,119)(H3,88,100,120)(H,92,93,107,121)/b19-10+. The molecule has 6 aromatic carbocycles. The van der Waals surface area contributed by atoms with Gasteiger partial charge in [0.25, 0.3) is 5.91 Å². The van der Waals surface area contributed by atoms with Gasteiger partial charge in [0.15, 0.2) is 23.9 Å². The van der Waals surface area contributed by atoms with Crippen LogP contribution in [0.5, 0.6) is 51.7 Å². The first-order valence-corrected chi connectivity index (χ1v) is 40.9. The third-order valence-electron chi connectivity index (χ3n) is 21.7. The fourth-order valence-electron chi connectivity index (χ4n) is 15.2. The van der Waals surface area contributed by atoms with E-state index in [9.17, 15) is 74.7 Å². The monoisotopic (exact) mass is 1820 g/mol. The number of aliphatic hydroxyl groups excluding tert-OH is 6. The molecule has 14 rings (SSSR count). The average Bonchev–Trinajstić information content (AvgIpc) is 0.761. The van der Waals surface area contributed by atoms with Crippen LogP contribution in [0.25, 0.3) is 17.2 Å². The third-order valence-corrected chi connectivity index (χ3v) is 22.3. The van der Waals surface area contributed by atoms with Crippen LogP contribution in [0, 0.1) is 5.92 Å². The summed E-state index contributed by atoms with van der Waals surface area (Å²) < 4.78 is 46.1. The van der Waals surface area contributed by atoms with Crippen LogP contribution in [0.1, 0.15) is 118 Å². The molecule has 682 valence electrons. The Morgan fingerprint density at radius 3 is 1.99 bits per heavy atom. The van der Waals surface area contributed by atoms with Crippen molar-refractivity contribution in [3.63, 3.8) is 0 Å². The second kappa shape index (κ2) is 40.4. The van der Waals surface area contributed by atoms with E-state index in [2.05, 4.69) is 52.8 Å². The van der Waals surface area contributed by atoms with E-state index in [0.717, 1.165) is 66.7 Å². The van der Waals surface area contributed by atoms with Gasteiger partial charge in [-0.25, -0.2) is 15.0 Å². The molecule has 0 spiro atoms. The van der Waals surface area contributed by atoms with Crippen molar-refractivity contribution in [1.82, 2.24) is 62.9 Å². The molecule has 11 bridgehead atoms. The first kappa shape index (κ1) is 94.3. The zero-order valence-electron chi connectivity index (χ0n) is 69.1. The molecule has 18 unspecified atom stereocenters. The molecule has 0 radical (unpaired) electrons. The second-order valence-corrected chi connectivity index (χ2v) is 32.1. The maximum absolute atomic E-state index is 16.3. The molecule has 7 aromatic rings. The minimum Gasteiger partial charge on any atom is -0.508 e. The lowest BCUT2D eigenvalue weighted by Crippen LogP contribution is -2.65. The molecule has 128 heavy (non-hydrogen) atoms. The van der Waals surface area contributed by atoms with Gasteiger partial charge < -0.3 is 138 Å². The van der Waals surface area contributed by atoms with Crippen LogP contribution in [-0.2, 0) is 63.9 Å². The summed E-state index contributed by atoms with van der Waals surface area (Å²) in [6.45, 7) is 7.88. The number of halogens is 2. The Morgan fingerprint density at radius 2 is 1.37 bits per heavy atom. The molecule has 0 saturated carbocycles. The highest BCUT2D eigenvalue weighted by molar-refractivity contribution is 6.32. The molecule has 2 saturated heterocycles. The van der Waals surface area contributed by atoms with Gasteiger partial charge in [0, 0.05) is 54.5 Å². The Hall–Kier alpha value is -12.8. The summed E-state index contributed by atoms with van der Waals surface area (Å²) in [4.78, 5) is 162. The highest BCUT2D eigenvalue weighted by atomic mass is 35.5. The fraction of sp³-hybridized carbons (Fsp3) is 0.381. The quantitative estimate of drug-likeness (QED) is 0.0327. The van der Waals surface area contributed by atoms with E-state index < -0.39 is 271 Å². The number of amides is 11. The van der Waals surface area contributed by atoms with Crippen LogP contribution >= 0.6 is 23.2 Å². The van der Waals surface area contributed by atoms with Crippen molar-refractivity contribution in [2.45, 2.75) is 170 Å². The summed E-state index contributed by atoms with van der Waals surface area (Å²) in [5.41, 5.74) is 10.4. The molecule has 24 N–H and O–H groups in total. The Morgan fingerprint density at radius 1 is 0.719 bits per heavy atom. The predicted molar refractivity (Wildman–Crippen MR) is 450 cm³/mol. The molecular formula is C84H95Cl2N15O27. The molecule has 1 aromatic heterocycles. The summed E-state index contributed by atoms with van der Waals surface area (Å²) in [6.07, 6.45) is -15.5. The SMILES string of the molecule is CCOc1ccc(/C=C/C(=O)Nc2ccn(CCNC3(C)CC(OC4C(Oc5c6cc7cc5Oc5ccc(cc5Cl)C(O)C5NC(=O)C(NC(=O)C7NC(=O)C(CC(N)=O)NC(=O)C(NC(=O)C(CC(C)C)NC)C(O)c7ccc(c(Cl)c7)O6)c6ccc(O)c(c6)-c6c(O)cc(O)cc6C(C(=O)NNC(N)=O)NC5=O)OC(CO)C(O)C4O)OC(C)C3O)c(=O)n2)cc1. The number of aromatic hydroxyl groups is 3. The largest absolute Gasteiger partial charge is 0.508 e. The number of anilines is 1. The van der Waals surface area contributed by atoms with Crippen molar-refractivity contribution in [3.8, 4) is 62.9 Å². The van der Waals surface area contributed by atoms with Gasteiger partial charge in [-0.2, -0.15) is 4.98 Å². The number of phenols is 3. The minimum absolute atomic E-state index is 0.0418. The maximum atomic E-state index is 16.3. The summed E-state index contributed by atoms with van der Waals surface area (Å²) in [7, 11) is 1.46. The van der Waals surface area contributed by atoms with Gasteiger partial charge in [0.2, 0.25) is 59.3 Å². The van der Waals surface area contributed by atoms with Gasteiger partial charge in [-0.15, -0.1) is 0 Å². The number of aliphatic hydroxyl groups is 6. The van der Waals surface area contributed by atoms with Gasteiger partial charge in [-0.05, 0) is 152 Å². The van der Waals surface area contributed by atoms with Gasteiger partial charge in [0.1, 0.15) is 107 Å². The number of fused-ring (bicyclic) bond motifs is 15. The van der Waals surface area contributed by atoms with Gasteiger partial charge in [-0.3, -0.25) is 53.1 Å². The number of aromatic nitrogens is 2. The number of carbonyl (C=O) groups excluding carboxylic acids is 10. The Balaban J connectivity index is 0.986. The van der Waals surface area contributed by atoms with Gasteiger partial charge in [0.05, 0.1) is 47.9 Å². The number of hydrogen-bond donors (Lipinski definition) is 22. The highest BCUT2D eigenvalue weighted by Crippen LogP contribution is 2.50. The first-order valence-electron chi connectivity index (χ1n) is 40.2. The minimum atomic E-state index is -2.42. The Labute approximate surface area is 738 Å². The van der Waals surface area contributed by atoms with Crippen molar-refractivity contribution in [1.29, 1.82) is 0 Å². The number of nitrogens with two attached hydrogens (primary N) is 2. The number of primary amides is 2. The van der Waals surface area contributed by atoms with Crippen LogP contribution in [0.4, 0.5) is 10.6 Å². The van der Waals surface area contributed by atoms with E-state index in [0.29, 0.717) is 17.9 Å². The molecule has 44 heteroatoms. The van der Waals surface area contributed by atoms with E-state index in [1.165, 1.54) is 49.0 Å². The van der Waals surface area contributed by atoms with Crippen molar-refractivity contribution >= 4 is 94.3 Å². The molecule has 18 atom stereocenters. The molecule has 2 fully saturated rings. The lowest BCUT2D eigenvalue weighted by Gasteiger charge is -2.48. The van der Waals surface area contributed by atoms with Crippen molar-refractivity contribution < 1.29 is 127 Å². The van der Waals surface area contributed by atoms with E-state index in [-0.39, 0.29) is 48.8 Å². The summed E-state index contributed by atoms with van der Waals surface area (Å²) in [6, 6.07) is 5.87. The average molecular weight is 1820 g/mol.